The van der Waals surface area contributed by atoms with Gasteiger partial charge in [0.2, 0.25) is 5.88 Å². The van der Waals surface area contributed by atoms with Crippen LogP contribution in [-0.4, -0.2) is 17.8 Å². The van der Waals surface area contributed by atoms with Gasteiger partial charge in [-0.2, -0.15) is 13.2 Å². The molecule has 3 aromatic rings. The van der Waals surface area contributed by atoms with E-state index in [0.29, 0.717) is 23.6 Å². The molecule has 6 heteroatoms. The number of nitrogens with zero attached hydrogens (tertiary/aromatic N) is 1. The fraction of sp³-hybridized carbons (Fsp3) is 0.136. The summed E-state index contributed by atoms with van der Waals surface area (Å²) in [4.78, 5) is 4.27. The molecule has 0 fully saturated rings. The van der Waals surface area contributed by atoms with Crippen LogP contribution in [0.25, 0.3) is 17.2 Å². The van der Waals surface area contributed by atoms with E-state index in [-0.39, 0.29) is 5.75 Å². The van der Waals surface area contributed by atoms with Gasteiger partial charge in [0.15, 0.2) is 6.61 Å². The third-order valence-electron chi connectivity index (χ3n) is 3.87. The van der Waals surface area contributed by atoms with Crippen LogP contribution < -0.4 is 9.47 Å². The Bertz CT molecular complexity index is 923. The van der Waals surface area contributed by atoms with Crippen LogP contribution in [0.5, 0.6) is 11.6 Å². The van der Waals surface area contributed by atoms with Crippen LogP contribution >= 0.6 is 0 Å². The second-order valence-corrected chi connectivity index (χ2v) is 6.06. The molecule has 0 atom stereocenters. The molecular formula is C22H18F3NO2. The number of aromatic nitrogens is 1. The summed E-state index contributed by atoms with van der Waals surface area (Å²) in [5.74, 6) is 0.579. The lowest BCUT2D eigenvalue weighted by Gasteiger charge is -2.12. The van der Waals surface area contributed by atoms with Crippen LogP contribution in [0.1, 0.15) is 11.1 Å². The van der Waals surface area contributed by atoms with Crippen molar-refractivity contribution in [1.29, 1.82) is 0 Å². The van der Waals surface area contributed by atoms with E-state index in [1.807, 2.05) is 30.3 Å². The Morgan fingerprint density at radius 3 is 2.36 bits per heavy atom. The Morgan fingerprint density at radius 1 is 0.929 bits per heavy atom. The van der Waals surface area contributed by atoms with Gasteiger partial charge in [0, 0.05) is 17.8 Å². The molecule has 28 heavy (non-hydrogen) atoms. The first-order chi connectivity index (χ1) is 13.4. The fourth-order valence-corrected chi connectivity index (χ4v) is 2.52. The molecule has 0 saturated carbocycles. The maximum Gasteiger partial charge on any atom is 0.422 e. The number of ether oxygens (including phenoxy) is 2. The van der Waals surface area contributed by atoms with E-state index >= 15 is 0 Å². The summed E-state index contributed by atoms with van der Waals surface area (Å²) < 4.78 is 47.8. The number of rotatable bonds is 7. The van der Waals surface area contributed by atoms with Crippen LogP contribution in [0.15, 0.2) is 73.4 Å². The van der Waals surface area contributed by atoms with E-state index in [1.54, 1.807) is 36.5 Å². The molecule has 2 aromatic carbocycles. The molecule has 0 amide bonds. The first kappa shape index (κ1) is 19.5. The summed E-state index contributed by atoms with van der Waals surface area (Å²) in [6.45, 7) is 2.72. The van der Waals surface area contributed by atoms with Crippen molar-refractivity contribution in [1.82, 2.24) is 4.98 Å². The minimum Gasteiger partial charge on any atom is -0.484 e. The number of pyridine rings is 1. The van der Waals surface area contributed by atoms with Crippen molar-refractivity contribution in [3.05, 3.63) is 84.6 Å². The summed E-state index contributed by atoms with van der Waals surface area (Å²) in [6.07, 6.45) is -1.24. The summed E-state index contributed by atoms with van der Waals surface area (Å²) >= 11 is 0. The third-order valence-corrected chi connectivity index (χ3v) is 3.87. The number of hydrogen-bond donors (Lipinski definition) is 0. The van der Waals surface area contributed by atoms with E-state index in [4.69, 9.17) is 9.47 Å². The first-order valence-corrected chi connectivity index (χ1v) is 8.53. The molecule has 144 valence electrons. The number of hydrogen-bond acceptors (Lipinski definition) is 3. The molecular weight excluding hydrogens is 367 g/mol. The van der Waals surface area contributed by atoms with Crippen molar-refractivity contribution in [2.75, 3.05) is 6.61 Å². The monoisotopic (exact) mass is 385 g/mol. The Kier molecular flexibility index (Phi) is 5.99. The Hall–Kier alpha value is -3.28. The van der Waals surface area contributed by atoms with Gasteiger partial charge in [-0.05, 0) is 41.0 Å². The van der Waals surface area contributed by atoms with Gasteiger partial charge in [-0.1, -0.05) is 43.0 Å². The van der Waals surface area contributed by atoms with Gasteiger partial charge in [-0.25, -0.2) is 4.98 Å². The van der Waals surface area contributed by atoms with E-state index in [1.165, 1.54) is 6.07 Å². The van der Waals surface area contributed by atoms with E-state index < -0.39 is 12.8 Å². The van der Waals surface area contributed by atoms with Gasteiger partial charge in [0.05, 0.1) is 0 Å². The summed E-state index contributed by atoms with van der Waals surface area (Å²) in [5, 5.41) is 0. The minimum atomic E-state index is -4.40. The molecule has 3 nitrogen and oxygen atoms in total. The first-order valence-electron chi connectivity index (χ1n) is 8.53. The van der Waals surface area contributed by atoms with Crippen molar-refractivity contribution in [2.24, 2.45) is 0 Å². The van der Waals surface area contributed by atoms with Crippen molar-refractivity contribution < 1.29 is 22.6 Å². The van der Waals surface area contributed by atoms with E-state index in [2.05, 4.69) is 11.6 Å². The average Bonchev–Trinajstić information content (AvgIpc) is 2.71. The minimum absolute atomic E-state index is 0.120. The molecule has 0 unspecified atom stereocenters. The van der Waals surface area contributed by atoms with Crippen molar-refractivity contribution in [2.45, 2.75) is 12.8 Å². The highest BCUT2D eigenvalue weighted by Crippen LogP contribution is 2.28. The van der Waals surface area contributed by atoms with Crippen molar-refractivity contribution in [3.63, 3.8) is 0 Å². The molecule has 0 N–H and O–H groups in total. The molecule has 0 saturated heterocycles. The standard InChI is InChI=1S/C22H18F3NO2/c1-2-16-10-19(12-20(11-16)28-15-22(23,24)25)18-8-9-21(26-13-18)27-14-17-6-4-3-5-7-17/h2-13H,1,14-15H2. The lowest BCUT2D eigenvalue weighted by Crippen LogP contribution is -2.19. The second-order valence-electron chi connectivity index (χ2n) is 6.06. The van der Waals surface area contributed by atoms with Crippen molar-refractivity contribution >= 4 is 6.08 Å². The quantitative estimate of drug-likeness (QED) is 0.507. The van der Waals surface area contributed by atoms with Crippen LogP contribution in [0.2, 0.25) is 0 Å². The predicted molar refractivity (Wildman–Crippen MR) is 102 cm³/mol. The van der Waals surface area contributed by atoms with Crippen LogP contribution in [0.3, 0.4) is 0 Å². The van der Waals surface area contributed by atoms with E-state index in [0.717, 1.165) is 11.1 Å². The predicted octanol–water partition coefficient (Wildman–Crippen LogP) is 5.91. The fourth-order valence-electron chi connectivity index (χ4n) is 2.52. The Balaban J connectivity index is 1.74. The van der Waals surface area contributed by atoms with Gasteiger partial charge < -0.3 is 9.47 Å². The van der Waals surface area contributed by atoms with Crippen LogP contribution in [-0.2, 0) is 6.61 Å². The largest absolute Gasteiger partial charge is 0.484 e. The molecule has 0 bridgehead atoms. The smallest absolute Gasteiger partial charge is 0.422 e. The molecule has 0 aliphatic rings. The van der Waals surface area contributed by atoms with Gasteiger partial charge >= 0.3 is 6.18 Å². The zero-order chi connectivity index (χ0) is 20.0. The number of alkyl halides is 3. The normalized spacial score (nSPS) is 11.1. The molecule has 3 rings (SSSR count). The van der Waals surface area contributed by atoms with Crippen molar-refractivity contribution in [3.8, 4) is 22.8 Å². The summed E-state index contributed by atoms with van der Waals surface area (Å²) in [7, 11) is 0. The zero-order valence-electron chi connectivity index (χ0n) is 14.9. The second kappa shape index (κ2) is 8.61. The number of halogens is 3. The summed E-state index contributed by atoms with van der Waals surface area (Å²) in [6, 6.07) is 18.1. The highest BCUT2D eigenvalue weighted by atomic mass is 19.4. The van der Waals surface area contributed by atoms with Crippen LogP contribution in [0, 0.1) is 0 Å². The Morgan fingerprint density at radius 2 is 1.71 bits per heavy atom. The maximum atomic E-state index is 12.4. The molecule has 0 radical (unpaired) electrons. The van der Waals surface area contributed by atoms with Gasteiger partial charge in [-0.15, -0.1) is 0 Å². The highest BCUT2D eigenvalue weighted by molar-refractivity contribution is 5.69. The Labute approximate surface area is 161 Å². The topological polar surface area (TPSA) is 31.4 Å². The van der Waals surface area contributed by atoms with Gasteiger partial charge in [0.25, 0.3) is 0 Å². The maximum absolute atomic E-state index is 12.4. The van der Waals surface area contributed by atoms with Crippen LogP contribution in [0.4, 0.5) is 13.2 Å². The molecule has 1 heterocycles. The highest BCUT2D eigenvalue weighted by Gasteiger charge is 2.28. The van der Waals surface area contributed by atoms with Gasteiger partial charge in [-0.3, -0.25) is 0 Å². The molecule has 0 spiro atoms. The molecule has 0 aliphatic carbocycles. The molecule has 1 aromatic heterocycles. The summed E-state index contributed by atoms with van der Waals surface area (Å²) in [5.41, 5.74) is 3.09. The van der Waals surface area contributed by atoms with Gasteiger partial charge in [0.1, 0.15) is 12.4 Å². The number of benzene rings is 2. The molecule has 0 aliphatic heterocycles. The third kappa shape index (κ3) is 5.61. The van der Waals surface area contributed by atoms with E-state index in [9.17, 15) is 13.2 Å². The average molecular weight is 385 g/mol. The lowest BCUT2D eigenvalue weighted by atomic mass is 10.0. The zero-order valence-corrected chi connectivity index (χ0v) is 14.9. The lowest BCUT2D eigenvalue weighted by molar-refractivity contribution is -0.153. The SMILES string of the molecule is C=Cc1cc(OCC(F)(F)F)cc(-c2ccc(OCc3ccccc3)nc2)c1.